The highest BCUT2D eigenvalue weighted by Gasteiger charge is 2.14. The van der Waals surface area contributed by atoms with E-state index in [1.165, 1.54) is 12.1 Å². The van der Waals surface area contributed by atoms with Crippen molar-refractivity contribution in [1.82, 2.24) is 25.5 Å². The van der Waals surface area contributed by atoms with E-state index in [-0.39, 0.29) is 17.3 Å². The molecule has 0 spiro atoms. The summed E-state index contributed by atoms with van der Waals surface area (Å²) in [5, 5.41) is 13.7. The zero-order valence-corrected chi connectivity index (χ0v) is 8.96. The maximum atomic E-state index is 12.8. The third-order valence-electron chi connectivity index (χ3n) is 2.33. The number of nitrogen functional groups attached to an aromatic ring is 1. The van der Waals surface area contributed by atoms with Gasteiger partial charge >= 0.3 is 0 Å². The summed E-state index contributed by atoms with van der Waals surface area (Å²) < 4.78 is 17.3. The number of hydrogen-bond donors (Lipinski definition) is 2. The number of rotatable bonds is 2. The molecule has 2 aromatic heterocycles. The Kier molecular flexibility index (Phi) is 2.26. The van der Waals surface area contributed by atoms with Gasteiger partial charge in [0.15, 0.2) is 23.2 Å². The fourth-order valence-corrected chi connectivity index (χ4v) is 1.46. The van der Waals surface area contributed by atoms with E-state index in [0.717, 1.165) is 0 Å². The molecular weight excluding hydrogens is 239 g/mol. The number of nitrogens with two attached hydrogens (primary N) is 1. The van der Waals surface area contributed by atoms with Crippen LogP contribution in [0.25, 0.3) is 22.9 Å². The van der Waals surface area contributed by atoms with Crippen molar-refractivity contribution in [3.8, 4) is 22.9 Å². The Balaban J connectivity index is 1.99. The monoisotopic (exact) mass is 246 g/mol. The zero-order chi connectivity index (χ0) is 12.5. The van der Waals surface area contributed by atoms with Gasteiger partial charge in [-0.25, -0.2) is 14.0 Å². The minimum absolute atomic E-state index is 0.122. The van der Waals surface area contributed by atoms with E-state index in [0.29, 0.717) is 17.2 Å². The van der Waals surface area contributed by atoms with Crippen LogP contribution in [0.3, 0.4) is 0 Å². The molecule has 8 heteroatoms. The number of H-pyrrole nitrogens is 1. The van der Waals surface area contributed by atoms with Crippen LogP contribution in [0.2, 0.25) is 0 Å². The molecule has 7 nitrogen and oxygen atoms in total. The largest absolute Gasteiger partial charge is 0.379 e. The molecule has 3 N–H and O–H groups in total. The SMILES string of the molecule is Nc1nonc1-c1nc(-c2ccc(F)cc2)n[nH]1. The molecule has 3 aromatic rings. The quantitative estimate of drug-likeness (QED) is 0.704. The molecule has 0 saturated heterocycles. The lowest BCUT2D eigenvalue weighted by Crippen LogP contribution is -1.89. The number of anilines is 1. The molecule has 0 saturated carbocycles. The van der Waals surface area contributed by atoms with Gasteiger partial charge in [0.1, 0.15) is 5.82 Å². The van der Waals surface area contributed by atoms with Gasteiger partial charge in [0.05, 0.1) is 0 Å². The van der Waals surface area contributed by atoms with Crippen LogP contribution in [-0.2, 0) is 0 Å². The number of nitrogens with zero attached hydrogens (tertiary/aromatic N) is 4. The normalized spacial score (nSPS) is 10.7. The van der Waals surface area contributed by atoms with Crippen molar-refractivity contribution in [2.24, 2.45) is 0 Å². The first-order valence-electron chi connectivity index (χ1n) is 5.01. The fraction of sp³-hybridized carbons (Fsp3) is 0. The Morgan fingerprint density at radius 1 is 1.17 bits per heavy atom. The third kappa shape index (κ3) is 1.69. The average molecular weight is 246 g/mol. The smallest absolute Gasteiger partial charge is 0.199 e. The second-order valence-electron chi connectivity index (χ2n) is 3.51. The zero-order valence-electron chi connectivity index (χ0n) is 8.96. The van der Waals surface area contributed by atoms with Crippen molar-refractivity contribution in [2.75, 3.05) is 5.73 Å². The van der Waals surface area contributed by atoms with Crippen LogP contribution in [0.1, 0.15) is 0 Å². The van der Waals surface area contributed by atoms with E-state index in [2.05, 4.69) is 30.1 Å². The molecule has 0 fully saturated rings. The van der Waals surface area contributed by atoms with E-state index in [1.54, 1.807) is 12.1 Å². The molecule has 0 aliphatic carbocycles. The van der Waals surface area contributed by atoms with Crippen molar-refractivity contribution < 1.29 is 9.02 Å². The summed E-state index contributed by atoms with van der Waals surface area (Å²) in [6.07, 6.45) is 0. The van der Waals surface area contributed by atoms with Crippen LogP contribution in [0, 0.1) is 5.82 Å². The van der Waals surface area contributed by atoms with Gasteiger partial charge in [0, 0.05) is 5.56 Å². The molecule has 0 amide bonds. The van der Waals surface area contributed by atoms with Gasteiger partial charge in [0.25, 0.3) is 0 Å². The summed E-state index contributed by atoms with van der Waals surface area (Å²) in [6, 6.07) is 5.81. The molecule has 0 unspecified atom stereocenters. The van der Waals surface area contributed by atoms with Crippen molar-refractivity contribution in [3.63, 3.8) is 0 Å². The van der Waals surface area contributed by atoms with Crippen LogP contribution in [0.4, 0.5) is 10.2 Å². The summed E-state index contributed by atoms with van der Waals surface area (Å²) >= 11 is 0. The Bertz CT molecular complexity index is 674. The molecule has 0 bridgehead atoms. The molecule has 2 heterocycles. The van der Waals surface area contributed by atoms with Gasteiger partial charge in [-0.05, 0) is 34.6 Å². The summed E-state index contributed by atoms with van der Waals surface area (Å²) in [7, 11) is 0. The van der Waals surface area contributed by atoms with Crippen molar-refractivity contribution in [3.05, 3.63) is 30.1 Å². The minimum atomic E-state index is -0.320. The van der Waals surface area contributed by atoms with Gasteiger partial charge in [-0.15, -0.1) is 0 Å². The Morgan fingerprint density at radius 3 is 2.61 bits per heavy atom. The first-order chi connectivity index (χ1) is 8.74. The van der Waals surface area contributed by atoms with Gasteiger partial charge in [-0.1, -0.05) is 0 Å². The van der Waals surface area contributed by atoms with Crippen LogP contribution in [0.5, 0.6) is 0 Å². The van der Waals surface area contributed by atoms with Crippen LogP contribution in [0.15, 0.2) is 28.9 Å². The van der Waals surface area contributed by atoms with Crippen molar-refractivity contribution >= 4 is 5.82 Å². The molecule has 0 atom stereocenters. The minimum Gasteiger partial charge on any atom is -0.379 e. The highest BCUT2D eigenvalue weighted by Crippen LogP contribution is 2.21. The second kappa shape index (κ2) is 3.91. The molecule has 90 valence electrons. The first-order valence-corrected chi connectivity index (χ1v) is 5.01. The number of halogens is 1. The fourth-order valence-electron chi connectivity index (χ4n) is 1.46. The summed E-state index contributed by atoms with van der Waals surface area (Å²) in [4.78, 5) is 4.18. The molecule has 3 rings (SSSR count). The summed E-state index contributed by atoms with van der Waals surface area (Å²) in [5.74, 6) is 0.553. The van der Waals surface area contributed by atoms with Crippen molar-refractivity contribution in [1.29, 1.82) is 0 Å². The third-order valence-corrected chi connectivity index (χ3v) is 2.33. The Labute approximate surface area is 99.8 Å². The predicted octanol–water partition coefficient (Wildman–Crippen LogP) is 1.24. The number of nitrogens with one attached hydrogen (secondary N) is 1. The lowest BCUT2D eigenvalue weighted by Gasteiger charge is -1.93. The van der Waals surface area contributed by atoms with E-state index in [1.807, 2.05) is 0 Å². The Hall–Kier alpha value is -2.77. The van der Waals surface area contributed by atoms with Gasteiger partial charge in [0.2, 0.25) is 0 Å². The Morgan fingerprint density at radius 2 is 1.94 bits per heavy atom. The maximum absolute atomic E-state index is 12.8. The molecule has 0 aliphatic heterocycles. The van der Waals surface area contributed by atoms with Crippen molar-refractivity contribution in [2.45, 2.75) is 0 Å². The van der Waals surface area contributed by atoms with Gasteiger partial charge in [-0.2, -0.15) is 5.10 Å². The molecule has 0 aliphatic rings. The number of hydrogen-bond acceptors (Lipinski definition) is 6. The van der Waals surface area contributed by atoms with E-state index in [4.69, 9.17) is 5.73 Å². The average Bonchev–Trinajstić information content (AvgIpc) is 2.98. The van der Waals surface area contributed by atoms with Gasteiger partial charge < -0.3 is 5.73 Å². The van der Waals surface area contributed by atoms with E-state index >= 15 is 0 Å². The maximum Gasteiger partial charge on any atom is 0.199 e. The number of aromatic amines is 1. The highest BCUT2D eigenvalue weighted by atomic mass is 19.1. The number of benzene rings is 1. The van der Waals surface area contributed by atoms with E-state index in [9.17, 15) is 4.39 Å². The van der Waals surface area contributed by atoms with Gasteiger partial charge in [-0.3, -0.25) is 5.10 Å². The van der Waals surface area contributed by atoms with E-state index < -0.39 is 0 Å². The lowest BCUT2D eigenvalue weighted by atomic mass is 10.2. The first kappa shape index (κ1) is 10.4. The molecule has 0 radical (unpaired) electrons. The highest BCUT2D eigenvalue weighted by molar-refractivity contribution is 5.64. The lowest BCUT2D eigenvalue weighted by molar-refractivity contribution is 0.310. The van der Waals surface area contributed by atoms with Crippen LogP contribution < -0.4 is 5.73 Å². The summed E-state index contributed by atoms with van der Waals surface area (Å²) in [5.41, 5.74) is 6.50. The van der Waals surface area contributed by atoms with Crippen LogP contribution >= 0.6 is 0 Å². The predicted molar refractivity (Wildman–Crippen MR) is 59.5 cm³/mol. The molecular formula is C10H7FN6O. The van der Waals surface area contributed by atoms with Crippen LogP contribution in [-0.4, -0.2) is 25.5 Å². The topological polar surface area (TPSA) is 107 Å². The summed E-state index contributed by atoms with van der Waals surface area (Å²) in [6.45, 7) is 0. The molecule has 18 heavy (non-hydrogen) atoms. The standard InChI is InChI=1S/C10H7FN6O/c11-6-3-1-5(2-4-6)9-13-10(15-14-9)7-8(12)17-18-16-7/h1-4H,(H2,12,17)(H,13,14,15). The number of aromatic nitrogens is 5. The molecule has 1 aromatic carbocycles. The second-order valence-corrected chi connectivity index (χ2v) is 3.51.